The first-order valence-corrected chi connectivity index (χ1v) is 6.94. The van der Waals surface area contributed by atoms with Crippen LogP contribution in [0.5, 0.6) is 0 Å². The average Bonchev–Trinajstić information content (AvgIpc) is 2.69. The van der Waals surface area contributed by atoms with Gasteiger partial charge in [-0.3, -0.25) is 0 Å². The van der Waals surface area contributed by atoms with Gasteiger partial charge >= 0.3 is 0 Å². The summed E-state index contributed by atoms with van der Waals surface area (Å²) in [5.74, 6) is 0.493. The van der Waals surface area contributed by atoms with Crippen molar-refractivity contribution < 1.29 is 0 Å². The molecule has 3 heteroatoms. The van der Waals surface area contributed by atoms with E-state index in [4.69, 9.17) is 11.6 Å². The lowest BCUT2D eigenvalue weighted by Crippen LogP contribution is -2.12. The minimum absolute atomic E-state index is 0.256. The van der Waals surface area contributed by atoms with E-state index in [0.29, 0.717) is 5.92 Å². The van der Waals surface area contributed by atoms with E-state index in [1.54, 1.807) is 11.3 Å². The highest BCUT2D eigenvalue weighted by Crippen LogP contribution is 2.26. The van der Waals surface area contributed by atoms with E-state index in [0.717, 1.165) is 18.4 Å². The maximum atomic E-state index is 6.24. The standard InChI is InChI=1S/C13H16ClNS/c1-3-10(14)9(2)8-13-15-11-6-4-5-7-12(11)16-13/h4-7,9-10H,3,8H2,1-2H3. The lowest BCUT2D eigenvalue weighted by atomic mass is 10.0. The topological polar surface area (TPSA) is 12.9 Å². The molecule has 2 unspecified atom stereocenters. The Hall–Kier alpha value is -0.600. The summed E-state index contributed by atoms with van der Waals surface area (Å²) in [7, 11) is 0. The smallest absolute Gasteiger partial charge is 0.0941 e. The van der Waals surface area contributed by atoms with Crippen molar-refractivity contribution >= 4 is 33.2 Å². The summed E-state index contributed by atoms with van der Waals surface area (Å²) >= 11 is 8.02. The third-order valence-corrected chi connectivity index (χ3v) is 4.64. The van der Waals surface area contributed by atoms with Gasteiger partial charge in [0.1, 0.15) is 0 Å². The second-order valence-electron chi connectivity index (χ2n) is 4.18. The summed E-state index contributed by atoms with van der Waals surface area (Å²) < 4.78 is 1.27. The second kappa shape index (κ2) is 5.15. The van der Waals surface area contributed by atoms with Crippen LogP contribution in [0.2, 0.25) is 0 Å². The van der Waals surface area contributed by atoms with E-state index in [-0.39, 0.29) is 5.38 Å². The molecule has 2 aromatic rings. The van der Waals surface area contributed by atoms with Gasteiger partial charge in [-0.15, -0.1) is 22.9 Å². The summed E-state index contributed by atoms with van der Waals surface area (Å²) in [5.41, 5.74) is 1.11. The predicted octanol–water partition coefficient (Wildman–Crippen LogP) is 4.49. The molecule has 0 saturated carbocycles. The van der Waals surface area contributed by atoms with Gasteiger partial charge in [-0.25, -0.2) is 4.98 Å². The summed E-state index contributed by atoms with van der Waals surface area (Å²) in [6, 6.07) is 8.28. The van der Waals surface area contributed by atoms with E-state index in [1.165, 1.54) is 9.71 Å². The Labute approximate surface area is 105 Å². The molecule has 1 aromatic carbocycles. The van der Waals surface area contributed by atoms with Crippen LogP contribution in [0.25, 0.3) is 10.2 Å². The number of thiazole rings is 1. The number of aromatic nitrogens is 1. The number of para-hydroxylation sites is 1. The summed E-state index contributed by atoms with van der Waals surface area (Å²) in [6.07, 6.45) is 2.01. The van der Waals surface area contributed by atoms with Gasteiger partial charge in [-0.05, 0) is 24.5 Å². The average molecular weight is 254 g/mol. The number of hydrogen-bond acceptors (Lipinski definition) is 2. The molecule has 0 amide bonds. The zero-order valence-corrected chi connectivity index (χ0v) is 11.2. The molecule has 86 valence electrons. The number of alkyl halides is 1. The van der Waals surface area contributed by atoms with Crippen molar-refractivity contribution in [3.8, 4) is 0 Å². The molecule has 0 radical (unpaired) electrons. The highest BCUT2D eigenvalue weighted by Gasteiger charge is 2.15. The van der Waals surface area contributed by atoms with Crippen LogP contribution in [0.1, 0.15) is 25.3 Å². The molecule has 2 atom stereocenters. The van der Waals surface area contributed by atoms with Gasteiger partial charge in [0.15, 0.2) is 0 Å². The number of fused-ring (bicyclic) bond motifs is 1. The molecule has 0 spiro atoms. The van der Waals surface area contributed by atoms with Crippen LogP contribution in [-0.2, 0) is 6.42 Å². The molecule has 16 heavy (non-hydrogen) atoms. The molecule has 1 nitrogen and oxygen atoms in total. The Balaban J connectivity index is 2.15. The van der Waals surface area contributed by atoms with Gasteiger partial charge in [0.25, 0.3) is 0 Å². The quantitative estimate of drug-likeness (QED) is 0.732. The molecule has 0 aliphatic carbocycles. The summed E-state index contributed by atoms with van der Waals surface area (Å²) in [4.78, 5) is 4.63. The molecule has 0 fully saturated rings. The van der Waals surface area contributed by atoms with Crippen LogP contribution in [-0.4, -0.2) is 10.4 Å². The number of rotatable bonds is 4. The third kappa shape index (κ3) is 2.55. The van der Waals surface area contributed by atoms with Crippen molar-refractivity contribution in [3.63, 3.8) is 0 Å². The summed E-state index contributed by atoms with van der Waals surface area (Å²) in [6.45, 7) is 4.33. The fourth-order valence-electron chi connectivity index (χ4n) is 1.81. The van der Waals surface area contributed by atoms with Gasteiger partial charge in [-0.1, -0.05) is 26.0 Å². The number of halogens is 1. The minimum Gasteiger partial charge on any atom is -0.241 e. The third-order valence-electron chi connectivity index (χ3n) is 2.84. The van der Waals surface area contributed by atoms with Crippen LogP contribution >= 0.6 is 22.9 Å². The zero-order chi connectivity index (χ0) is 11.5. The molecule has 1 aromatic heterocycles. The molecular weight excluding hydrogens is 238 g/mol. The molecular formula is C13H16ClNS. The Bertz CT molecular complexity index is 433. The maximum absolute atomic E-state index is 6.24. The Morgan fingerprint density at radius 1 is 1.38 bits per heavy atom. The Kier molecular flexibility index (Phi) is 3.82. The lowest BCUT2D eigenvalue weighted by Gasteiger charge is -2.14. The fraction of sp³-hybridized carbons (Fsp3) is 0.462. The zero-order valence-electron chi connectivity index (χ0n) is 9.61. The van der Waals surface area contributed by atoms with Gasteiger partial charge < -0.3 is 0 Å². The van der Waals surface area contributed by atoms with Gasteiger partial charge in [0.05, 0.1) is 15.2 Å². The number of benzene rings is 1. The van der Waals surface area contributed by atoms with E-state index in [2.05, 4.69) is 37.0 Å². The minimum atomic E-state index is 0.256. The number of nitrogens with zero attached hydrogens (tertiary/aromatic N) is 1. The van der Waals surface area contributed by atoms with Gasteiger partial charge in [0.2, 0.25) is 0 Å². The monoisotopic (exact) mass is 253 g/mol. The van der Waals surface area contributed by atoms with E-state index in [1.807, 2.05) is 6.07 Å². The van der Waals surface area contributed by atoms with Crippen LogP contribution in [0, 0.1) is 5.92 Å². The van der Waals surface area contributed by atoms with Crippen molar-refractivity contribution in [2.24, 2.45) is 5.92 Å². The predicted molar refractivity (Wildman–Crippen MR) is 72.4 cm³/mol. The highest BCUT2D eigenvalue weighted by molar-refractivity contribution is 7.18. The Morgan fingerprint density at radius 2 is 2.12 bits per heavy atom. The SMILES string of the molecule is CCC(Cl)C(C)Cc1nc2ccccc2s1. The molecule has 0 bridgehead atoms. The van der Waals surface area contributed by atoms with Crippen molar-refractivity contribution in [2.45, 2.75) is 32.1 Å². The molecule has 1 heterocycles. The lowest BCUT2D eigenvalue weighted by molar-refractivity contribution is 0.530. The van der Waals surface area contributed by atoms with Crippen molar-refractivity contribution in [2.75, 3.05) is 0 Å². The highest BCUT2D eigenvalue weighted by atomic mass is 35.5. The van der Waals surface area contributed by atoms with E-state index < -0.39 is 0 Å². The van der Waals surface area contributed by atoms with Crippen LogP contribution in [0.15, 0.2) is 24.3 Å². The van der Waals surface area contributed by atoms with Crippen LogP contribution < -0.4 is 0 Å². The Morgan fingerprint density at radius 3 is 2.81 bits per heavy atom. The normalized spacial score (nSPS) is 15.2. The first-order chi connectivity index (χ1) is 7.70. The molecule has 2 rings (SSSR count). The van der Waals surface area contributed by atoms with Crippen molar-refractivity contribution in [1.29, 1.82) is 0 Å². The van der Waals surface area contributed by atoms with E-state index in [9.17, 15) is 0 Å². The largest absolute Gasteiger partial charge is 0.241 e. The van der Waals surface area contributed by atoms with Crippen molar-refractivity contribution in [1.82, 2.24) is 4.98 Å². The van der Waals surface area contributed by atoms with E-state index >= 15 is 0 Å². The molecule has 0 saturated heterocycles. The van der Waals surface area contributed by atoms with Crippen molar-refractivity contribution in [3.05, 3.63) is 29.3 Å². The number of hydrogen-bond donors (Lipinski definition) is 0. The summed E-state index contributed by atoms with van der Waals surface area (Å²) in [5, 5.41) is 1.46. The molecule has 0 N–H and O–H groups in total. The molecule has 0 aliphatic heterocycles. The maximum Gasteiger partial charge on any atom is 0.0941 e. The van der Waals surface area contributed by atoms with Gasteiger partial charge in [0, 0.05) is 11.8 Å². The second-order valence-corrected chi connectivity index (χ2v) is 5.86. The van der Waals surface area contributed by atoms with Crippen LogP contribution in [0.3, 0.4) is 0 Å². The van der Waals surface area contributed by atoms with Crippen LogP contribution in [0.4, 0.5) is 0 Å². The molecule has 0 aliphatic rings. The fourth-order valence-corrected chi connectivity index (χ4v) is 3.01. The first kappa shape index (κ1) is 11.9. The van der Waals surface area contributed by atoms with Gasteiger partial charge in [-0.2, -0.15) is 0 Å². The first-order valence-electron chi connectivity index (χ1n) is 5.69.